The van der Waals surface area contributed by atoms with E-state index in [-0.39, 0.29) is 11.9 Å². The molecule has 3 aromatic rings. The van der Waals surface area contributed by atoms with Crippen LogP contribution in [0.25, 0.3) is 5.52 Å². The molecular weight excluding hydrogens is 354 g/mol. The van der Waals surface area contributed by atoms with Crippen molar-refractivity contribution in [3.05, 3.63) is 70.0 Å². The predicted octanol–water partition coefficient (Wildman–Crippen LogP) is 3.86. The fraction of sp³-hybridized carbons (Fsp3) is 0.222. The second kappa shape index (κ2) is 5.49. The maximum absolute atomic E-state index is 12.9. The smallest absolute Gasteiger partial charge is 0.274 e. The van der Waals surface area contributed by atoms with Gasteiger partial charge in [0.05, 0.1) is 11.6 Å². The van der Waals surface area contributed by atoms with Crippen LogP contribution in [0.2, 0.25) is 0 Å². The first-order chi connectivity index (χ1) is 11.1. The van der Waals surface area contributed by atoms with Crippen LogP contribution in [0.15, 0.2) is 53.1 Å². The zero-order chi connectivity index (χ0) is 16.0. The minimum absolute atomic E-state index is 0.00757. The molecule has 3 heterocycles. The van der Waals surface area contributed by atoms with Gasteiger partial charge in [0.25, 0.3) is 5.91 Å². The fourth-order valence-corrected chi connectivity index (χ4v) is 3.59. The van der Waals surface area contributed by atoms with E-state index in [0.29, 0.717) is 5.69 Å². The molecule has 2 aromatic heterocycles. The van der Waals surface area contributed by atoms with Crippen molar-refractivity contribution < 1.29 is 4.79 Å². The van der Waals surface area contributed by atoms with Crippen LogP contribution in [0.3, 0.4) is 0 Å². The van der Waals surface area contributed by atoms with Crippen molar-refractivity contribution >= 4 is 27.4 Å². The molecule has 0 spiro atoms. The SMILES string of the molecule is C[C@@H]1c2ccccc2CCN1C(=O)c1cc2ccc(Br)cn2n1. The Morgan fingerprint density at radius 3 is 2.96 bits per heavy atom. The summed E-state index contributed by atoms with van der Waals surface area (Å²) >= 11 is 3.43. The van der Waals surface area contributed by atoms with Crippen molar-refractivity contribution in [2.24, 2.45) is 0 Å². The number of pyridine rings is 1. The van der Waals surface area contributed by atoms with Gasteiger partial charge in [0.15, 0.2) is 5.69 Å². The Hall–Kier alpha value is -2.14. The van der Waals surface area contributed by atoms with Crippen molar-refractivity contribution in [3.63, 3.8) is 0 Å². The number of aromatic nitrogens is 2. The minimum atomic E-state index is -0.00757. The average molecular weight is 370 g/mol. The van der Waals surface area contributed by atoms with Crippen LogP contribution in [0.1, 0.15) is 34.6 Å². The summed E-state index contributed by atoms with van der Waals surface area (Å²) in [5.41, 5.74) is 3.98. The Morgan fingerprint density at radius 1 is 1.26 bits per heavy atom. The Labute approximate surface area is 142 Å². The van der Waals surface area contributed by atoms with Crippen molar-refractivity contribution in [2.75, 3.05) is 6.54 Å². The fourth-order valence-electron chi connectivity index (χ4n) is 3.26. The maximum atomic E-state index is 12.9. The highest BCUT2D eigenvalue weighted by Crippen LogP contribution is 2.30. The Kier molecular flexibility index (Phi) is 3.45. The molecule has 0 bridgehead atoms. The first kappa shape index (κ1) is 14.5. The third-order valence-electron chi connectivity index (χ3n) is 4.50. The highest BCUT2D eigenvalue weighted by Gasteiger charge is 2.29. The van der Waals surface area contributed by atoms with Gasteiger partial charge in [-0.05, 0) is 58.6 Å². The molecule has 1 aromatic carbocycles. The third-order valence-corrected chi connectivity index (χ3v) is 4.97. The molecule has 23 heavy (non-hydrogen) atoms. The van der Waals surface area contributed by atoms with Gasteiger partial charge in [-0.25, -0.2) is 4.52 Å². The molecule has 0 saturated carbocycles. The highest BCUT2D eigenvalue weighted by atomic mass is 79.9. The second-order valence-electron chi connectivity index (χ2n) is 5.87. The molecule has 0 unspecified atom stereocenters. The molecule has 1 aliphatic rings. The lowest BCUT2D eigenvalue weighted by Crippen LogP contribution is -2.39. The quantitative estimate of drug-likeness (QED) is 0.653. The van der Waals surface area contributed by atoms with Crippen LogP contribution in [0.5, 0.6) is 0 Å². The van der Waals surface area contributed by atoms with E-state index in [9.17, 15) is 4.79 Å². The average Bonchev–Trinajstić information content (AvgIpc) is 2.98. The standard InChI is InChI=1S/C18H16BrN3O/c1-12-16-5-3-2-4-13(16)8-9-21(12)18(23)17-10-15-7-6-14(19)11-22(15)20-17/h2-7,10-12H,8-9H2,1H3/t12-/m1/s1. The number of benzene rings is 1. The number of halogens is 1. The third kappa shape index (κ3) is 2.45. The first-order valence-electron chi connectivity index (χ1n) is 7.67. The van der Waals surface area contributed by atoms with E-state index in [1.807, 2.05) is 35.4 Å². The maximum Gasteiger partial charge on any atom is 0.274 e. The van der Waals surface area contributed by atoms with Crippen molar-refractivity contribution in [1.29, 1.82) is 0 Å². The summed E-state index contributed by atoms with van der Waals surface area (Å²) in [5, 5.41) is 4.43. The van der Waals surface area contributed by atoms with Gasteiger partial charge in [-0.15, -0.1) is 0 Å². The van der Waals surface area contributed by atoms with Crippen LogP contribution in [0, 0.1) is 0 Å². The lowest BCUT2D eigenvalue weighted by atomic mass is 9.93. The summed E-state index contributed by atoms with van der Waals surface area (Å²) in [6, 6.07) is 14.2. The summed E-state index contributed by atoms with van der Waals surface area (Å²) in [6.07, 6.45) is 2.76. The second-order valence-corrected chi connectivity index (χ2v) is 6.79. The summed E-state index contributed by atoms with van der Waals surface area (Å²) in [4.78, 5) is 14.8. The van der Waals surface area contributed by atoms with E-state index in [1.165, 1.54) is 11.1 Å². The van der Waals surface area contributed by atoms with Crippen LogP contribution >= 0.6 is 15.9 Å². The van der Waals surface area contributed by atoms with Gasteiger partial charge in [0, 0.05) is 17.2 Å². The molecule has 0 aliphatic carbocycles. The summed E-state index contributed by atoms with van der Waals surface area (Å²) in [7, 11) is 0. The van der Waals surface area contributed by atoms with E-state index < -0.39 is 0 Å². The Bertz CT molecular complexity index is 902. The van der Waals surface area contributed by atoms with E-state index in [1.54, 1.807) is 4.52 Å². The number of carbonyl (C=O) groups excluding carboxylic acids is 1. The molecule has 0 fully saturated rings. The van der Waals surface area contributed by atoms with Gasteiger partial charge in [-0.3, -0.25) is 4.79 Å². The number of rotatable bonds is 1. The van der Waals surface area contributed by atoms with Gasteiger partial charge >= 0.3 is 0 Å². The Morgan fingerprint density at radius 2 is 2.09 bits per heavy atom. The van der Waals surface area contributed by atoms with Crippen LogP contribution < -0.4 is 0 Å². The molecule has 5 heteroatoms. The van der Waals surface area contributed by atoms with E-state index >= 15 is 0 Å². The number of hydrogen-bond acceptors (Lipinski definition) is 2. The van der Waals surface area contributed by atoms with E-state index in [2.05, 4.69) is 46.2 Å². The molecule has 1 atom stereocenters. The molecule has 4 rings (SSSR count). The summed E-state index contributed by atoms with van der Waals surface area (Å²) in [6.45, 7) is 2.82. The monoisotopic (exact) mass is 369 g/mol. The Balaban J connectivity index is 1.68. The number of hydrogen-bond donors (Lipinski definition) is 0. The van der Waals surface area contributed by atoms with E-state index in [0.717, 1.165) is 23.0 Å². The molecule has 0 N–H and O–H groups in total. The number of fused-ring (bicyclic) bond motifs is 2. The highest BCUT2D eigenvalue weighted by molar-refractivity contribution is 9.10. The van der Waals surface area contributed by atoms with Gasteiger partial charge in [0.2, 0.25) is 0 Å². The molecule has 4 nitrogen and oxygen atoms in total. The number of carbonyl (C=O) groups is 1. The molecular formula is C18H16BrN3O. The molecule has 116 valence electrons. The normalized spacial score (nSPS) is 17.3. The molecule has 0 saturated heterocycles. The lowest BCUT2D eigenvalue weighted by molar-refractivity contribution is 0.0671. The largest absolute Gasteiger partial charge is 0.330 e. The van der Waals surface area contributed by atoms with Crippen LogP contribution in [-0.4, -0.2) is 27.0 Å². The first-order valence-corrected chi connectivity index (χ1v) is 8.46. The topological polar surface area (TPSA) is 37.6 Å². The van der Waals surface area contributed by atoms with Crippen molar-refractivity contribution in [2.45, 2.75) is 19.4 Å². The van der Waals surface area contributed by atoms with E-state index in [4.69, 9.17) is 0 Å². The van der Waals surface area contributed by atoms with Crippen molar-refractivity contribution in [1.82, 2.24) is 14.5 Å². The molecule has 1 amide bonds. The van der Waals surface area contributed by atoms with Crippen LogP contribution in [-0.2, 0) is 6.42 Å². The van der Waals surface area contributed by atoms with Gasteiger partial charge in [0.1, 0.15) is 0 Å². The summed E-state index contributed by atoms with van der Waals surface area (Å²) in [5.74, 6) is -0.00757. The van der Waals surface area contributed by atoms with Gasteiger partial charge < -0.3 is 4.90 Å². The van der Waals surface area contributed by atoms with Gasteiger partial charge in [-0.2, -0.15) is 5.10 Å². The number of amides is 1. The zero-order valence-corrected chi connectivity index (χ0v) is 14.3. The minimum Gasteiger partial charge on any atom is -0.330 e. The number of nitrogens with zero attached hydrogens (tertiary/aromatic N) is 3. The van der Waals surface area contributed by atoms with Crippen LogP contribution in [0.4, 0.5) is 0 Å². The molecule has 0 radical (unpaired) electrons. The molecule has 1 aliphatic heterocycles. The van der Waals surface area contributed by atoms with Crippen molar-refractivity contribution in [3.8, 4) is 0 Å². The van der Waals surface area contributed by atoms with Gasteiger partial charge in [-0.1, -0.05) is 24.3 Å². The lowest BCUT2D eigenvalue weighted by Gasteiger charge is -2.34. The zero-order valence-electron chi connectivity index (χ0n) is 12.7. The summed E-state index contributed by atoms with van der Waals surface area (Å²) < 4.78 is 2.67. The predicted molar refractivity (Wildman–Crippen MR) is 92.5 cm³/mol.